The maximum absolute atomic E-state index is 5.69. The van der Waals surface area contributed by atoms with Crippen LogP contribution >= 0.6 is 0 Å². The standard InChI is InChI=1S/C14H24N2/c1-5-11(2)10-16(4)12(3)13-6-8-14(15)9-7-13/h6-9,11-12H,5,10,15H2,1-4H3. The number of hydrogen-bond donors (Lipinski definition) is 1. The van der Waals surface area contributed by atoms with Crippen molar-refractivity contribution in [3.63, 3.8) is 0 Å². The predicted molar refractivity (Wildman–Crippen MR) is 71.4 cm³/mol. The number of nitrogens with two attached hydrogens (primary N) is 1. The molecule has 0 radical (unpaired) electrons. The molecule has 0 bridgehead atoms. The summed E-state index contributed by atoms with van der Waals surface area (Å²) in [6.07, 6.45) is 1.23. The molecule has 2 heteroatoms. The van der Waals surface area contributed by atoms with Crippen molar-refractivity contribution in [1.82, 2.24) is 4.90 Å². The van der Waals surface area contributed by atoms with Crippen LogP contribution in [0.15, 0.2) is 24.3 Å². The molecule has 0 aliphatic heterocycles. The lowest BCUT2D eigenvalue weighted by Gasteiger charge is -2.27. The van der Waals surface area contributed by atoms with Gasteiger partial charge in [0.2, 0.25) is 0 Å². The Bertz CT molecular complexity index is 305. The van der Waals surface area contributed by atoms with E-state index in [-0.39, 0.29) is 0 Å². The molecule has 0 aromatic heterocycles. The molecule has 1 rings (SSSR count). The fraction of sp³-hybridized carbons (Fsp3) is 0.571. The first kappa shape index (κ1) is 13.0. The van der Waals surface area contributed by atoms with Crippen LogP contribution in [0.25, 0.3) is 0 Å². The monoisotopic (exact) mass is 220 g/mol. The Kier molecular flexibility index (Phi) is 4.81. The number of nitrogen functional groups attached to an aromatic ring is 1. The van der Waals surface area contributed by atoms with Crippen molar-refractivity contribution in [2.45, 2.75) is 33.2 Å². The molecule has 0 aliphatic rings. The average Bonchev–Trinajstić information content (AvgIpc) is 2.28. The van der Waals surface area contributed by atoms with Crippen molar-refractivity contribution >= 4 is 5.69 Å². The average molecular weight is 220 g/mol. The van der Waals surface area contributed by atoms with Crippen molar-refractivity contribution in [2.24, 2.45) is 5.92 Å². The SMILES string of the molecule is CCC(C)CN(C)C(C)c1ccc(N)cc1. The van der Waals surface area contributed by atoms with Crippen LogP contribution in [0.4, 0.5) is 5.69 Å². The van der Waals surface area contributed by atoms with E-state index in [1.807, 2.05) is 12.1 Å². The third-order valence-corrected chi connectivity index (χ3v) is 3.38. The molecule has 0 heterocycles. The summed E-state index contributed by atoms with van der Waals surface area (Å²) < 4.78 is 0. The fourth-order valence-corrected chi connectivity index (χ4v) is 1.81. The zero-order valence-electron chi connectivity index (χ0n) is 10.9. The van der Waals surface area contributed by atoms with E-state index in [2.05, 4.69) is 44.9 Å². The first-order valence-corrected chi connectivity index (χ1v) is 6.10. The molecule has 2 unspecified atom stereocenters. The highest BCUT2D eigenvalue weighted by Gasteiger charge is 2.13. The summed E-state index contributed by atoms with van der Waals surface area (Å²) >= 11 is 0. The van der Waals surface area contributed by atoms with E-state index in [0.29, 0.717) is 6.04 Å². The van der Waals surface area contributed by atoms with Gasteiger partial charge >= 0.3 is 0 Å². The van der Waals surface area contributed by atoms with Gasteiger partial charge in [-0.25, -0.2) is 0 Å². The summed E-state index contributed by atoms with van der Waals surface area (Å²) in [5, 5.41) is 0. The van der Waals surface area contributed by atoms with Crippen LogP contribution in [-0.2, 0) is 0 Å². The molecule has 16 heavy (non-hydrogen) atoms. The van der Waals surface area contributed by atoms with Gasteiger partial charge in [-0.2, -0.15) is 0 Å². The summed E-state index contributed by atoms with van der Waals surface area (Å²) in [6, 6.07) is 8.64. The zero-order chi connectivity index (χ0) is 12.1. The fourth-order valence-electron chi connectivity index (χ4n) is 1.81. The highest BCUT2D eigenvalue weighted by molar-refractivity contribution is 5.40. The van der Waals surface area contributed by atoms with E-state index < -0.39 is 0 Å². The van der Waals surface area contributed by atoms with Crippen molar-refractivity contribution in [1.29, 1.82) is 0 Å². The van der Waals surface area contributed by atoms with Crippen molar-refractivity contribution in [2.75, 3.05) is 19.3 Å². The van der Waals surface area contributed by atoms with Gasteiger partial charge < -0.3 is 5.73 Å². The normalized spacial score (nSPS) is 15.1. The highest BCUT2D eigenvalue weighted by Crippen LogP contribution is 2.21. The Hall–Kier alpha value is -1.02. The molecule has 2 N–H and O–H groups in total. The van der Waals surface area contributed by atoms with E-state index in [4.69, 9.17) is 5.73 Å². The number of rotatable bonds is 5. The van der Waals surface area contributed by atoms with Crippen molar-refractivity contribution < 1.29 is 0 Å². The molecular formula is C14H24N2. The quantitative estimate of drug-likeness (QED) is 0.771. The number of anilines is 1. The Morgan fingerprint density at radius 3 is 2.25 bits per heavy atom. The van der Waals surface area contributed by atoms with E-state index in [1.54, 1.807) is 0 Å². The topological polar surface area (TPSA) is 29.3 Å². The van der Waals surface area contributed by atoms with E-state index in [1.165, 1.54) is 12.0 Å². The third kappa shape index (κ3) is 3.53. The van der Waals surface area contributed by atoms with Gasteiger partial charge in [0.1, 0.15) is 0 Å². The molecule has 90 valence electrons. The Morgan fingerprint density at radius 1 is 1.19 bits per heavy atom. The predicted octanol–water partition coefficient (Wildman–Crippen LogP) is 3.31. The lowest BCUT2D eigenvalue weighted by Crippen LogP contribution is -2.27. The molecule has 1 aromatic carbocycles. The molecule has 0 saturated carbocycles. The molecule has 0 saturated heterocycles. The van der Waals surface area contributed by atoms with Crippen LogP contribution in [0.2, 0.25) is 0 Å². The second-order valence-corrected chi connectivity index (χ2v) is 4.80. The summed E-state index contributed by atoms with van der Waals surface area (Å²) in [5.74, 6) is 0.751. The summed E-state index contributed by atoms with van der Waals surface area (Å²) in [5.41, 5.74) is 7.86. The summed E-state index contributed by atoms with van der Waals surface area (Å²) in [6.45, 7) is 7.93. The third-order valence-electron chi connectivity index (χ3n) is 3.38. The minimum atomic E-state index is 0.453. The van der Waals surface area contributed by atoms with Crippen LogP contribution in [0.3, 0.4) is 0 Å². The second kappa shape index (κ2) is 5.90. The molecule has 2 atom stereocenters. The molecular weight excluding hydrogens is 196 g/mol. The second-order valence-electron chi connectivity index (χ2n) is 4.80. The van der Waals surface area contributed by atoms with Crippen LogP contribution in [0, 0.1) is 5.92 Å². The highest BCUT2D eigenvalue weighted by atomic mass is 15.1. The Morgan fingerprint density at radius 2 is 1.75 bits per heavy atom. The summed E-state index contributed by atoms with van der Waals surface area (Å²) in [7, 11) is 2.19. The molecule has 0 fully saturated rings. The number of nitrogens with zero attached hydrogens (tertiary/aromatic N) is 1. The van der Waals surface area contributed by atoms with Gasteiger partial charge in [-0.05, 0) is 37.6 Å². The van der Waals surface area contributed by atoms with Crippen LogP contribution < -0.4 is 5.73 Å². The largest absolute Gasteiger partial charge is 0.399 e. The lowest BCUT2D eigenvalue weighted by atomic mass is 10.0. The Balaban J connectivity index is 2.62. The van der Waals surface area contributed by atoms with Gasteiger partial charge in [0, 0.05) is 18.3 Å². The molecule has 0 spiro atoms. The molecule has 0 amide bonds. The lowest BCUT2D eigenvalue weighted by molar-refractivity contribution is 0.224. The first-order chi connectivity index (χ1) is 7.54. The minimum absolute atomic E-state index is 0.453. The molecule has 1 aromatic rings. The van der Waals surface area contributed by atoms with Gasteiger partial charge in [0.15, 0.2) is 0 Å². The minimum Gasteiger partial charge on any atom is -0.399 e. The molecule has 0 aliphatic carbocycles. The van der Waals surface area contributed by atoms with Gasteiger partial charge in [-0.15, -0.1) is 0 Å². The van der Waals surface area contributed by atoms with E-state index in [0.717, 1.165) is 18.2 Å². The first-order valence-electron chi connectivity index (χ1n) is 6.10. The molecule has 2 nitrogen and oxygen atoms in total. The van der Waals surface area contributed by atoms with E-state index in [9.17, 15) is 0 Å². The zero-order valence-corrected chi connectivity index (χ0v) is 10.9. The van der Waals surface area contributed by atoms with Gasteiger partial charge in [-0.3, -0.25) is 4.90 Å². The van der Waals surface area contributed by atoms with Gasteiger partial charge in [0.05, 0.1) is 0 Å². The van der Waals surface area contributed by atoms with Crippen LogP contribution in [-0.4, -0.2) is 18.5 Å². The Labute approximate surface area is 99.5 Å². The maximum Gasteiger partial charge on any atom is 0.0316 e. The van der Waals surface area contributed by atoms with E-state index >= 15 is 0 Å². The maximum atomic E-state index is 5.69. The smallest absolute Gasteiger partial charge is 0.0316 e. The van der Waals surface area contributed by atoms with Gasteiger partial charge in [-0.1, -0.05) is 32.4 Å². The van der Waals surface area contributed by atoms with Crippen molar-refractivity contribution in [3.05, 3.63) is 29.8 Å². The van der Waals surface area contributed by atoms with Gasteiger partial charge in [0.25, 0.3) is 0 Å². The summed E-state index contributed by atoms with van der Waals surface area (Å²) in [4.78, 5) is 2.40. The van der Waals surface area contributed by atoms with Crippen LogP contribution in [0.1, 0.15) is 38.8 Å². The number of benzene rings is 1. The number of hydrogen-bond acceptors (Lipinski definition) is 2. The van der Waals surface area contributed by atoms with Crippen LogP contribution in [0.5, 0.6) is 0 Å². The van der Waals surface area contributed by atoms with Crippen molar-refractivity contribution in [3.8, 4) is 0 Å².